The van der Waals surface area contributed by atoms with Crippen molar-refractivity contribution < 1.29 is 18.3 Å². The molecule has 10 rings (SSSR count). The van der Waals surface area contributed by atoms with E-state index in [1.807, 2.05) is 66.7 Å². The summed E-state index contributed by atoms with van der Waals surface area (Å²) >= 11 is 18.3. The molecule has 0 aliphatic heterocycles. The number of nitrogens with zero attached hydrogens (tertiary/aromatic N) is 8. The minimum Gasteiger partial charge on any atom is -0.495 e. The molecule has 0 saturated heterocycles. The first-order valence-corrected chi connectivity index (χ1v) is 20.7. The molecular weight excluding hydrogens is 928 g/mol. The number of aromatic nitrogens is 8. The summed E-state index contributed by atoms with van der Waals surface area (Å²) < 4.78 is 40.2. The molecule has 12 nitrogen and oxygen atoms in total. The molecule has 0 atom stereocenters. The predicted octanol–water partition coefficient (Wildman–Crippen LogP) is 12.7. The maximum Gasteiger partial charge on any atom is 0.169 e. The summed E-state index contributed by atoms with van der Waals surface area (Å²) in [6.45, 7) is 0. The largest absolute Gasteiger partial charge is 0.495 e. The quantitative estimate of drug-likeness (QED) is 0.112. The van der Waals surface area contributed by atoms with Crippen LogP contribution in [0.1, 0.15) is 0 Å². The van der Waals surface area contributed by atoms with Gasteiger partial charge in [0.1, 0.15) is 34.1 Å². The highest BCUT2D eigenvalue weighted by Gasteiger charge is 2.17. The Labute approximate surface area is 398 Å². The Bertz CT molecular complexity index is 3240. The molecule has 18 heteroatoms. The number of hydrogen-bond donors (Lipinski definition) is 2. The Balaban J connectivity index is 0.000000166. The summed E-state index contributed by atoms with van der Waals surface area (Å²) in [4.78, 5) is 18.3. The van der Waals surface area contributed by atoms with E-state index < -0.39 is 0 Å². The van der Waals surface area contributed by atoms with Crippen molar-refractivity contribution in [2.24, 2.45) is 0 Å². The number of anilines is 3. The zero-order chi connectivity index (χ0) is 45.5. The molecular formula is C48H36Cl4F2N10O2. The SMILES string of the molecule is COc1ccc(N)cc1Cl.COc1ccc(Nc2nc(-c3ccc(F)cc3)nc3c2cnn3-c2ccccc2)cc1Cl.Cl.Fc1ccc(-c2nc(Cl)c3cnn(-c4ccccc4)c3n2)cc1. The topological polar surface area (TPSA) is 144 Å². The Morgan fingerprint density at radius 3 is 1.52 bits per heavy atom. The van der Waals surface area contributed by atoms with Gasteiger partial charge >= 0.3 is 0 Å². The van der Waals surface area contributed by atoms with Gasteiger partial charge in [-0.25, -0.2) is 38.1 Å². The summed E-state index contributed by atoms with van der Waals surface area (Å²) in [6.07, 6.45) is 3.35. The monoisotopic (exact) mass is 962 g/mol. The van der Waals surface area contributed by atoms with Gasteiger partial charge in [-0.05, 0) is 109 Å². The van der Waals surface area contributed by atoms with Gasteiger partial charge < -0.3 is 20.5 Å². The maximum absolute atomic E-state index is 13.5. The average Bonchev–Trinajstić information content (AvgIpc) is 3.96. The molecule has 4 heterocycles. The highest BCUT2D eigenvalue weighted by atomic mass is 35.5. The van der Waals surface area contributed by atoms with Gasteiger partial charge in [0, 0.05) is 22.5 Å². The van der Waals surface area contributed by atoms with Crippen molar-refractivity contribution >= 4 is 86.5 Å². The van der Waals surface area contributed by atoms with E-state index in [1.54, 1.807) is 90.6 Å². The van der Waals surface area contributed by atoms with E-state index >= 15 is 0 Å². The van der Waals surface area contributed by atoms with Gasteiger partial charge in [-0.15, -0.1) is 12.4 Å². The third-order valence-electron chi connectivity index (χ3n) is 9.61. The lowest BCUT2D eigenvalue weighted by atomic mass is 10.2. The molecule has 0 amide bonds. The lowest BCUT2D eigenvalue weighted by Gasteiger charge is -2.11. The van der Waals surface area contributed by atoms with Crippen molar-refractivity contribution in [2.45, 2.75) is 0 Å². The van der Waals surface area contributed by atoms with E-state index in [1.165, 1.54) is 24.3 Å². The molecule has 0 saturated carbocycles. The van der Waals surface area contributed by atoms with E-state index in [2.05, 4.69) is 25.5 Å². The number of ether oxygens (including phenoxy) is 2. The van der Waals surface area contributed by atoms with Gasteiger partial charge in [-0.3, -0.25) is 0 Å². The summed E-state index contributed by atoms with van der Waals surface area (Å²) in [5, 5.41) is 14.9. The van der Waals surface area contributed by atoms with Crippen molar-refractivity contribution in [3.63, 3.8) is 0 Å². The van der Waals surface area contributed by atoms with Crippen LogP contribution in [-0.2, 0) is 0 Å². The number of nitrogens with one attached hydrogen (secondary N) is 1. The van der Waals surface area contributed by atoms with Gasteiger partial charge in [-0.1, -0.05) is 71.2 Å². The summed E-state index contributed by atoms with van der Waals surface area (Å²) in [7, 11) is 3.13. The van der Waals surface area contributed by atoms with Crippen LogP contribution < -0.4 is 20.5 Å². The van der Waals surface area contributed by atoms with E-state index in [-0.39, 0.29) is 24.0 Å². The molecule has 10 aromatic rings. The number of fused-ring (bicyclic) bond motifs is 2. The smallest absolute Gasteiger partial charge is 0.169 e. The maximum atomic E-state index is 13.5. The fourth-order valence-electron chi connectivity index (χ4n) is 6.41. The number of rotatable bonds is 8. The second-order valence-corrected chi connectivity index (χ2v) is 15.0. The van der Waals surface area contributed by atoms with E-state index in [4.69, 9.17) is 60.0 Å². The molecule has 0 bridgehead atoms. The number of hydrogen-bond acceptors (Lipinski definition) is 10. The lowest BCUT2D eigenvalue weighted by molar-refractivity contribution is 0.415. The van der Waals surface area contributed by atoms with E-state index in [9.17, 15) is 8.78 Å². The molecule has 6 aromatic carbocycles. The molecule has 4 aromatic heterocycles. The van der Waals surface area contributed by atoms with Gasteiger partial charge in [-0.2, -0.15) is 10.2 Å². The number of methoxy groups -OCH3 is 2. The molecule has 0 aliphatic rings. The van der Waals surface area contributed by atoms with Gasteiger partial charge in [0.25, 0.3) is 0 Å². The van der Waals surface area contributed by atoms with Gasteiger partial charge in [0.15, 0.2) is 22.9 Å². The van der Waals surface area contributed by atoms with Crippen molar-refractivity contribution in [3.8, 4) is 45.6 Å². The second-order valence-electron chi connectivity index (χ2n) is 13.9. The van der Waals surface area contributed by atoms with Crippen LogP contribution in [0.5, 0.6) is 11.5 Å². The molecule has 0 radical (unpaired) electrons. The summed E-state index contributed by atoms with van der Waals surface area (Å²) in [6, 6.07) is 41.9. The number of benzene rings is 6. The lowest BCUT2D eigenvalue weighted by Crippen LogP contribution is -2.02. The first-order chi connectivity index (χ1) is 31.6. The molecule has 0 unspecified atom stereocenters. The van der Waals surface area contributed by atoms with Crippen LogP contribution >= 0.6 is 47.2 Å². The predicted molar refractivity (Wildman–Crippen MR) is 260 cm³/mol. The third-order valence-corrected chi connectivity index (χ3v) is 10.5. The Hall–Kier alpha value is -7.36. The number of para-hydroxylation sites is 2. The highest BCUT2D eigenvalue weighted by Crippen LogP contribution is 2.33. The number of halogens is 6. The van der Waals surface area contributed by atoms with Crippen LogP contribution in [0.15, 0.2) is 158 Å². The van der Waals surface area contributed by atoms with Crippen molar-refractivity contribution in [3.05, 3.63) is 185 Å². The standard InChI is InChI=1S/C24H17ClFN5O.C17H10ClFN4.C7H8ClNO.ClH/c1-32-21-12-11-17(13-20(21)25)28-23-19-14-27-31(18-5-3-2-4-6-18)24(19)30-22(29-23)15-7-9-16(26)10-8-15;18-15-14-10-20-23(13-4-2-1-3-5-13)17(14)22-16(21-15)11-6-8-12(19)9-7-11;1-10-7-3-2-5(9)4-6(7)8;/h2-14H,1H3,(H,28,29,30);1-10H;2-4H,9H2,1H3;1H. The summed E-state index contributed by atoms with van der Waals surface area (Å²) in [5.41, 5.74) is 11.2. The molecule has 3 N–H and O–H groups in total. The zero-order valence-electron chi connectivity index (χ0n) is 34.8. The first kappa shape index (κ1) is 46.6. The van der Waals surface area contributed by atoms with Crippen LogP contribution in [0, 0.1) is 11.6 Å². The molecule has 332 valence electrons. The molecule has 0 fully saturated rings. The second kappa shape index (κ2) is 21.1. The van der Waals surface area contributed by atoms with E-state index in [0.717, 1.165) is 22.4 Å². The number of nitrogen functional groups attached to an aromatic ring is 1. The Morgan fingerprint density at radius 2 is 1.02 bits per heavy atom. The first-order valence-electron chi connectivity index (χ1n) is 19.6. The van der Waals surface area contributed by atoms with Crippen molar-refractivity contribution in [1.82, 2.24) is 39.5 Å². The van der Waals surface area contributed by atoms with E-state index in [0.29, 0.717) is 77.7 Å². The van der Waals surface area contributed by atoms with Crippen LogP contribution in [-0.4, -0.2) is 53.7 Å². The van der Waals surface area contributed by atoms with Crippen LogP contribution in [0.2, 0.25) is 15.2 Å². The normalized spacial score (nSPS) is 10.6. The van der Waals surface area contributed by atoms with Gasteiger partial charge in [0.05, 0.1) is 58.8 Å². The van der Waals surface area contributed by atoms with Crippen LogP contribution in [0.25, 0.3) is 56.2 Å². The Kier molecular flexibility index (Phi) is 14.9. The number of nitrogens with two attached hydrogens (primary N) is 1. The molecule has 0 spiro atoms. The fourth-order valence-corrected chi connectivity index (χ4v) is 7.15. The van der Waals surface area contributed by atoms with Gasteiger partial charge in [0.2, 0.25) is 0 Å². The molecule has 66 heavy (non-hydrogen) atoms. The highest BCUT2D eigenvalue weighted by molar-refractivity contribution is 6.34. The van der Waals surface area contributed by atoms with Crippen LogP contribution in [0.4, 0.5) is 26.0 Å². The fraction of sp³-hybridized carbons (Fsp3) is 0.0417. The van der Waals surface area contributed by atoms with Crippen molar-refractivity contribution in [1.29, 1.82) is 0 Å². The third kappa shape index (κ3) is 10.6. The molecule has 0 aliphatic carbocycles. The Morgan fingerprint density at radius 1 is 0.545 bits per heavy atom. The zero-order valence-corrected chi connectivity index (χ0v) is 37.9. The minimum absolute atomic E-state index is 0. The minimum atomic E-state index is -0.324. The van der Waals surface area contributed by atoms with Crippen molar-refractivity contribution in [2.75, 3.05) is 25.3 Å². The van der Waals surface area contributed by atoms with Crippen LogP contribution in [0.3, 0.4) is 0 Å². The average molecular weight is 965 g/mol. The summed E-state index contributed by atoms with van der Waals surface area (Å²) in [5.74, 6) is 2.02.